The first kappa shape index (κ1) is 69.8. The summed E-state index contributed by atoms with van der Waals surface area (Å²) in [6.45, 7) is 6.57. The van der Waals surface area contributed by atoms with Crippen LogP contribution in [0.1, 0.15) is 316 Å². The SMILES string of the molecule is CCCC/C=C\C/C=C\CCCCCCCC(=O)OC(COC(=O)CCCCCCC/C=C\CCCCC)COC(=O)CCCCCCCCCCCCCCCC/C=C\C/C=C\C/C=C\CCCCCCC. The maximum Gasteiger partial charge on any atom is 0.306 e. The highest BCUT2D eigenvalue weighted by Gasteiger charge is 2.19. The number of allylic oxidation sites excluding steroid dienone is 12. The second-order valence-corrected chi connectivity index (χ2v) is 21.0. The molecule has 0 aliphatic heterocycles. The summed E-state index contributed by atoms with van der Waals surface area (Å²) in [5.41, 5.74) is 0. The lowest BCUT2D eigenvalue weighted by molar-refractivity contribution is -0.167. The Bertz CT molecular complexity index is 1360. The minimum atomic E-state index is -0.785. The normalized spacial score (nSPS) is 12.5. The van der Waals surface area contributed by atoms with Gasteiger partial charge in [0, 0.05) is 19.3 Å². The maximum atomic E-state index is 12.8. The third-order valence-electron chi connectivity index (χ3n) is 13.7. The lowest BCUT2D eigenvalue weighted by Crippen LogP contribution is -2.30. The molecule has 0 amide bonds. The van der Waals surface area contributed by atoms with Gasteiger partial charge in [0.15, 0.2) is 6.10 Å². The summed E-state index contributed by atoms with van der Waals surface area (Å²) >= 11 is 0. The number of carbonyl (C=O) groups is 3. The molecule has 0 bridgehead atoms. The zero-order chi connectivity index (χ0) is 52.9. The fourth-order valence-electron chi connectivity index (χ4n) is 8.87. The minimum absolute atomic E-state index is 0.0825. The predicted molar refractivity (Wildman–Crippen MR) is 316 cm³/mol. The van der Waals surface area contributed by atoms with Gasteiger partial charge in [-0.3, -0.25) is 14.4 Å². The van der Waals surface area contributed by atoms with E-state index in [1.165, 1.54) is 173 Å². The Labute approximate surface area is 453 Å². The fourth-order valence-corrected chi connectivity index (χ4v) is 8.87. The molecule has 0 heterocycles. The summed E-state index contributed by atoms with van der Waals surface area (Å²) in [5, 5.41) is 0. The van der Waals surface area contributed by atoms with Crippen LogP contribution < -0.4 is 0 Å². The van der Waals surface area contributed by atoms with Crippen LogP contribution in [0, 0.1) is 0 Å². The van der Waals surface area contributed by atoms with Gasteiger partial charge in [0.2, 0.25) is 0 Å². The molecule has 0 fully saturated rings. The van der Waals surface area contributed by atoms with Gasteiger partial charge < -0.3 is 14.2 Å². The average Bonchev–Trinajstić information content (AvgIpc) is 3.39. The van der Waals surface area contributed by atoms with Crippen LogP contribution in [-0.4, -0.2) is 37.2 Å². The molecule has 422 valence electrons. The van der Waals surface area contributed by atoms with Crippen molar-refractivity contribution >= 4 is 17.9 Å². The lowest BCUT2D eigenvalue weighted by atomic mass is 10.0. The highest BCUT2D eigenvalue weighted by atomic mass is 16.6. The molecule has 0 spiro atoms. The summed E-state index contributed by atoms with van der Waals surface area (Å²) in [7, 11) is 0. The third kappa shape index (κ3) is 59.6. The van der Waals surface area contributed by atoms with Crippen molar-refractivity contribution in [3.63, 3.8) is 0 Å². The van der Waals surface area contributed by atoms with Crippen molar-refractivity contribution in [1.29, 1.82) is 0 Å². The van der Waals surface area contributed by atoms with Gasteiger partial charge in [-0.1, -0.05) is 261 Å². The standard InChI is InChI=1S/C67H118O6/c1-4-7-10-13-16-19-22-25-27-28-29-30-31-32-33-34-35-36-37-38-39-40-41-43-45-48-51-54-57-60-66(69)72-63-64(62-71-65(68)59-56-53-50-47-44-24-21-18-15-12-9-6-3)73-67(70)61-58-55-52-49-46-42-26-23-20-17-14-11-8-5-2/h14,17-18,21-23,25-26,28-29,31-32,64H,4-13,15-16,19-20,24,27,30,33-63H2,1-3H3/b17-14-,21-18-,25-22-,26-23-,29-28-,32-31-. The Morgan fingerprint density at radius 3 is 0.849 bits per heavy atom. The van der Waals surface area contributed by atoms with Gasteiger partial charge in [-0.05, 0) is 109 Å². The summed E-state index contributed by atoms with van der Waals surface area (Å²) in [4.78, 5) is 38.2. The van der Waals surface area contributed by atoms with E-state index in [0.29, 0.717) is 19.3 Å². The molecule has 0 radical (unpaired) electrons. The van der Waals surface area contributed by atoms with E-state index in [4.69, 9.17) is 14.2 Å². The molecule has 73 heavy (non-hydrogen) atoms. The molecular formula is C67H118O6. The summed E-state index contributed by atoms with van der Waals surface area (Å²) in [5.74, 6) is -0.897. The highest BCUT2D eigenvalue weighted by molar-refractivity contribution is 5.71. The van der Waals surface area contributed by atoms with Crippen molar-refractivity contribution in [2.45, 2.75) is 322 Å². The Hall–Kier alpha value is -3.15. The molecule has 0 saturated carbocycles. The number of hydrogen-bond acceptors (Lipinski definition) is 6. The smallest absolute Gasteiger partial charge is 0.306 e. The minimum Gasteiger partial charge on any atom is -0.462 e. The van der Waals surface area contributed by atoms with Crippen LogP contribution in [0.2, 0.25) is 0 Å². The van der Waals surface area contributed by atoms with Crippen LogP contribution in [-0.2, 0) is 28.6 Å². The van der Waals surface area contributed by atoms with Gasteiger partial charge in [-0.15, -0.1) is 0 Å². The zero-order valence-electron chi connectivity index (χ0n) is 48.4. The molecule has 0 aromatic carbocycles. The van der Waals surface area contributed by atoms with E-state index in [2.05, 4.69) is 93.7 Å². The van der Waals surface area contributed by atoms with Crippen molar-refractivity contribution in [2.75, 3.05) is 13.2 Å². The third-order valence-corrected chi connectivity index (χ3v) is 13.7. The van der Waals surface area contributed by atoms with E-state index < -0.39 is 6.10 Å². The fraction of sp³-hybridized carbons (Fsp3) is 0.776. The largest absolute Gasteiger partial charge is 0.462 e. The topological polar surface area (TPSA) is 78.9 Å². The van der Waals surface area contributed by atoms with Crippen molar-refractivity contribution in [3.8, 4) is 0 Å². The molecule has 6 nitrogen and oxygen atoms in total. The van der Waals surface area contributed by atoms with Crippen LogP contribution >= 0.6 is 0 Å². The Morgan fingerprint density at radius 2 is 0.507 bits per heavy atom. The number of ether oxygens (including phenoxy) is 3. The molecular weight excluding hydrogens is 901 g/mol. The van der Waals surface area contributed by atoms with Crippen molar-refractivity contribution < 1.29 is 28.6 Å². The van der Waals surface area contributed by atoms with Crippen molar-refractivity contribution in [3.05, 3.63) is 72.9 Å². The van der Waals surface area contributed by atoms with Crippen molar-refractivity contribution in [2.24, 2.45) is 0 Å². The van der Waals surface area contributed by atoms with E-state index >= 15 is 0 Å². The molecule has 0 aliphatic carbocycles. The lowest BCUT2D eigenvalue weighted by Gasteiger charge is -2.18. The first-order chi connectivity index (χ1) is 36.0. The predicted octanol–water partition coefficient (Wildman–Crippen LogP) is 21.3. The van der Waals surface area contributed by atoms with Gasteiger partial charge in [-0.2, -0.15) is 0 Å². The Kier molecular flexibility index (Phi) is 58.7. The van der Waals surface area contributed by atoms with E-state index in [-0.39, 0.29) is 31.1 Å². The van der Waals surface area contributed by atoms with E-state index in [9.17, 15) is 14.4 Å². The molecule has 0 N–H and O–H groups in total. The van der Waals surface area contributed by atoms with Crippen LogP contribution in [0.15, 0.2) is 72.9 Å². The molecule has 0 aromatic rings. The quantitative estimate of drug-likeness (QED) is 0.0261. The molecule has 0 aromatic heterocycles. The van der Waals surface area contributed by atoms with Crippen LogP contribution in [0.3, 0.4) is 0 Å². The van der Waals surface area contributed by atoms with E-state index in [0.717, 1.165) is 103 Å². The second-order valence-electron chi connectivity index (χ2n) is 21.0. The molecule has 0 aliphatic rings. The number of unbranched alkanes of at least 4 members (excludes halogenated alkanes) is 34. The van der Waals surface area contributed by atoms with Gasteiger partial charge >= 0.3 is 17.9 Å². The first-order valence-electron chi connectivity index (χ1n) is 31.4. The molecule has 6 heteroatoms. The first-order valence-corrected chi connectivity index (χ1v) is 31.4. The highest BCUT2D eigenvalue weighted by Crippen LogP contribution is 2.16. The molecule has 1 atom stereocenters. The van der Waals surface area contributed by atoms with Gasteiger partial charge in [0.05, 0.1) is 0 Å². The zero-order valence-corrected chi connectivity index (χ0v) is 48.4. The molecule has 1 unspecified atom stereocenters. The van der Waals surface area contributed by atoms with E-state index in [1.807, 2.05) is 0 Å². The molecule has 0 saturated heterocycles. The van der Waals surface area contributed by atoms with Crippen molar-refractivity contribution in [1.82, 2.24) is 0 Å². The number of esters is 3. The monoisotopic (exact) mass is 1020 g/mol. The summed E-state index contributed by atoms with van der Waals surface area (Å²) in [6.07, 6.45) is 79.1. The van der Waals surface area contributed by atoms with E-state index in [1.54, 1.807) is 0 Å². The van der Waals surface area contributed by atoms with Gasteiger partial charge in [0.1, 0.15) is 13.2 Å². The van der Waals surface area contributed by atoms with Crippen LogP contribution in [0.25, 0.3) is 0 Å². The Balaban J connectivity index is 4.19. The van der Waals surface area contributed by atoms with Gasteiger partial charge in [0.25, 0.3) is 0 Å². The second kappa shape index (κ2) is 61.4. The maximum absolute atomic E-state index is 12.8. The summed E-state index contributed by atoms with van der Waals surface area (Å²) in [6, 6.07) is 0. The van der Waals surface area contributed by atoms with Crippen LogP contribution in [0.4, 0.5) is 0 Å². The Morgan fingerprint density at radius 1 is 0.274 bits per heavy atom. The van der Waals surface area contributed by atoms with Crippen LogP contribution in [0.5, 0.6) is 0 Å². The average molecular weight is 1020 g/mol. The number of hydrogen-bond donors (Lipinski definition) is 0. The number of carbonyl (C=O) groups excluding carboxylic acids is 3. The summed E-state index contributed by atoms with van der Waals surface area (Å²) < 4.78 is 16.9. The number of rotatable bonds is 57. The van der Waals surface area contributed by atoms with Gasteiger partial charge in [-0.25, -0.2) is 0 Å². The molecule has 0 rings (SSSR count).